The molecular weight excluding hydrogens is 380 g/mol. The number of benzene rings is 2. The Balaban J connectivity index is 1.54. The average molecular weight is 408 g/mol. The van der Waals surface area contributed by atoms with Crippen LogP contribution in [-0.4, -0.2) is 30.1 Å². The van der Waals surface area contributed by atoms with Gasteiger partial charge < -0.3 is 10.1 Å². The molecule has 0 aliphatic heterocycles. The Kier molecular flexibility index (Phi) is 7.60. The minimum atomic E-state index is -1.07. The highest BCUT2D eigenvalue weighted by Crippen LogP contribution is 2.17. The Morgan fingerprint density at radius 3 is 2.37 bits per heavy atom. The summed E-state index contributed by atoms with van der Waals surface area (Å²) in [4.78, 5) is 36.9. The van der Waals surface area contributed by atoms with Gasteiger partial charge in [-0.1, -0.05) is 61.4 Å². The molecule has 2 aromatic rings. The normalized spacial score (nSPS) is 14.7. The average Bonchev–Trinajstić information content (AvgIpc) is 3.26. The lowest BCUT2D eigenvalue weighted by molar-refractivity contribution is -0.127. The number of hydrogen-bond acceptors (Lipinski definition) is 4. The first-order chi connectivity index (χ1) is 14.5. The number of urea groups is 1. The summed E-state index contributed by atoms with van der Waals surface area (Å²) in [5, 5.41) is 5.04. The second-order valence-electron chi connectivity index (χ2n) is 7.63. The van der Waals surface area contributed by atoms with E-state index in [1.165, 1.54) is 12.5 Å². The molecule has 1 aliphatic carbocycles. The van der Waals surface area contributed by atoms with Gasteiger partial charge >= 0.3 is 12.0 Å². The zero-order valence-electron chi connectivity index (χ0n) is 17.2. The molecule has 6 heteroatoms. The van der Waals surface area contributed by atoms with E-state index in [1.807, 2.05) is 42.5 Å². The Labute approximate surface area is 177 Å². The van der Waals surface area contributed by atoms with Gasteiger partial charge in [-0.2, -0.15) is 0 Å². The van der Waals surface area contributed by atoms with Crippen LogP contribution in [0.15, 0.2) is 54.6 Å². The Hall–Kier alpha value is -3.15. The van der Waals surface area contributed by atoms with Gasteiger partial charge in [-0.3, -0.25) is 10.1 Å². The molecule has 3 amide bonds. The number of hydrogen-bond donors (Lipinski definition) is 2. The minimum absolute atomic E-state index is 0.104. The maximum Gasteiger partial charge on any atom is 0.339 e. The smallest absolute Gasteiger partial charge is 0.339 e. The summed E-state index contributed by atoms with van der Waals surface area (Å²) in [5.41, 5.74) is 2.48. The zero-order chi connectivity index (χ0) is 21.3. The van der Waals surface area contributed by atoms with E-state index in [9.17, 15) is 14.4 Å². The third-order valence-corrected chi connectivity index (χ3v) is 5.34. The van der Waals surface area contributed by atoms with E-state index >= 15 is 0 Å². The Bertz CT molecular complexity index is 876. The number of carbonyl (C=O) groups excluding carboxylic acids is 3. The number of esters is 1. The van der Waals surface area contributed by atoms with Crippen molar-refractivity contribution in [2.45, 2.75) is 57.6 Å². The predicted molar refractivity (Wildman–Crippen MR) is 114 cm³/mol. The predicted octanol–water partition coefficient (Wildman–Crippen LogP) is 3.79. The molecule has 1 fully saturated rings. The van der Waals surface area contributed by atoms with E-state index < -0.39 is 24.0 Å². The Morgan fingerprint density at radius 2 is 1.63 bits per heavy atom. The number of carbonyl (C=O) groups is 3. The fourth-order valence-corrected chi connectivity index (χ4v) is 3.64. The highest BCUT2D eigenvalue weighted by atomic mass is 16.5. The van der Waals surface area contributed by atoms with Gasteiger partial charge in [-0.25, -0.2) is 9.59 Å². The van der Waals surface area contributed by atoms with Crippen molar-refractivity contribution in [3.63, 3.8) is 0 Å². The fourth-order valence-electron chi connectivity index (χ4n) is 3.64. The van der Waals surface area contributed by atoms with Crippen molar-refractivity contribution < 1.29 is 19.1 Å². The third-order valence-electron chi connectivity index (χ3n) is 5.34. The van der Waals surface area contributed by atoms with E-state index in [0.717, 1.165) is 37.7 Å². The van der Waals surface area contributed by atoms with Gasteiger partial charge in [-0.15, -0.1) is 0 Å². The SMILES string of the molecule is CC(OC(=O)c1ccccc1CCc1ccccc1)C(=O)NC(=O)NC1CCCC1. The molecule has 1 saturated carbocycles. The van der Waals surface area contributed by atoms with Crippen LogP contribution in [-0.2, 0) is 22.4 Å². The Morgan fingerprint density at radius 1 is 0.967 bits per heavy atom. The van der Waals surface area contributed by atoms with Crippen LogP contribution in [0.5, 0.6) is 0 Å². The summed E-state index contributed by atoms with van der Waals surface area (Å²) in [5.74, 6) is -1.21. The second kappa shape index (κ2) is 10.6. The van der Waals surface area contributed by atoms with Crippen LogP contribution in [0.4, 0.5) is 4.79 Å². The van der Waals surface area contributed by atoms with Gasteiger partial charge in [0.1, 0.15) is 0 Å². The van der Waals surface area contributed by atoms with Gasteiger partial charge in [0, 0.05) is 6.04 Å². The zero-order valence-corrected chi connectivity index (χ0v) is 17.2. The van der Waals surface area contributed by atoms with E-state index in [1.54, 1.807) is 12.1 Å². The van der Waals surface area contributed by atoms with Crippen molar-refractivity contribution in [1.82, 2.24) is 10.6 Å². The third kappa shape index (κ3) is 6.17. The van der Waals surface area contributed by atoms with Crippen molar-refractivity contribution in [2.75, 3.05) is 0 Å². The number of imide groups is 1. The van der Waals surface area contributed by atoms with Crippen LogP contribution in [0.1, 0.15) is 54.1 Å². The highest BCUT2D eigenvalue weighted by molar-refractivity contribution is 5.98. The van der Waals surface area contributed by atoms with E-state index in [0.29, 0.717) is 12.0 Å². The monoisotopic (exact) mass is 408 g/mol. The van der Waals surface area contributed by atoms with Crippen LogP contribution >= 0.6 is 0 Å². The number of amides is 3. The van der Waals surface area contributed by atoms with Crippen LogP contribution < -0.4 is 10.6 Å². The largest absolute Gasteiger partial charge is 0.449 e. The van der Waals surface area contributed by atoms with E-state index in [4.69, 9.17) is 4.74 Å². The van der Waals surface area contributed by atoms with Crippen LogP contribution in [0, 0.1) is 0 Å². The summed E-state index contributed by atoms with van der Waals surface area (Å²) in [6.07, 6.45) is 4.40. The lowest BCUT2D eigenvalue weighted by Crippen LogP contribution is -2.47. The molecule has 2 N–H and O–H groups in total. The maximum absolute atomic E-state index is 12.7. The summed E-state index contributed by atoms with van der Waals surface area (Å²) in [6, 6.07) is 16.8. The number of nitrogens with one attached hydrogen (secondary N) is 2. The van der Waals surface area contributed by atoms with Crippen molar-refractivity contribution in [2.24, 2.45) is 0 Å². The molecule has 0 radical (unpaired) electrons. The molecule has 1 atom stereocenters. The van der Waals surface area contributed by atoms with Gasteiger partial charge in [0.2, 0.25) is 0 Å². The standard InChI is InChI=1S/C24H28N2O4/c1-17(22(27)26-24(29)25-20-12-6-7-13-20)30-23(28)21-14-8-5-11-19(21)16-15-18-9-3-2-4-10-18/h2-5,8-11,14,17,20H,6-7,12-13,15-16H2,1H3,(H2,25,26,27,29). The summed E-state index contributed by atoms with van der Waals surface area (Å²) in [7, 11) is 0. The molecule has 0 spiro atoms. The lowest BCUT2D eigenvalue weighted by Gasteiger charge is -2.16. The molecule has 3 rings (SSSR count). The van der Waals surface area contributed by atoms with Crippen molar-refractivity contribution in [3.8, 4) is 0 Å². The first-order valence-electron chi connectivity index (χ1n) is 10.5. The minimum Gasteiger partial charge on any atom is -0.449 e. The van der Waals surface area contributed by atoms with Crippen molar-refractivity contribution >= 4 is 17.9 Å². The van der Waals surface area contributed by atoms with Gasteiger partial charge in [0.15, 0.2) is 6.10 Å². The quantitative estimate of drug-likeness (QED) is 0.683. The van der Waals surface area contributed by atoms with Crippen molar-refractivity contribution in [1.29, 1.82) is 0 Å². The first-order valence-corrected chi connectivity index (χ1v) is 10.5. The van der Waals surface area contributed by atoms with Crippen LogP contribution in [0.3, 0.4) is 0 Å². The molecule has 1 aliphatic rings. The number of ether oxygens (including phenoxy) is 1. The van der Waals surface area contributed by atoms with Crippen LogP contribution in [0.2, 0.25) is 0 Å². The molecule has 1 unspecified atom stereocenters. The molecule has 0 bridgehead atoms. The maximum atomic E-state index is 12.7. The van der Waals surface area contributed by atoms with Crippen LogP contribution in [0.25, 0.3) is 0 Å². The number of rotatable bonds is 7. The second-order valence-corrected chi connectivity index (χ2v) is 7.63. The fraction of sp³-hybridized carbons (Fsp3) is 0.375. The highest BCUT2D eigenvalue weighted by Gasteiger charge is 2.24. The van der Waals surface area contributed by atoms with Crippen molar-refractivity contribution in [3.05, 3.63) is 71.3 Å². The molecular formula is C24H28N2O4. The molecule has 2 aromatic carbocycles. The van der Waals surface area contributed by atoms with Gasteiger partial charge in [0.25, 0.3) is 5.91 Å². The lowest BCUT2D eigenvalue weighted by atomic mass is 10.00. The summed E-state index contributed by atoms with van der Waals surface area (Å²) in [6.45, 7) is 1.46. The van der Waals surface area contributed by atoms with Gasteiger partial charge in [-0.05, 0) is 49.8 Å². The molecule has 6 nitrogen and oxygen atoms in total. The topological polar surface area (TPSA) is 84.5 Å². The molecule has 0 aromatic heterocycles. The number of aryl methyl sites for hydroxylation is 2. The molecule has 158 valence electrons. The summed E-state index contributed by atoms with van der Waals surface area (Å²) >= 11 is 0. The first kappa shape index (κ1) is 21.6. The molecule has 0 heterocycles. The van der Waals surface area contributed by atoms with Gasteiger partial charge in [0.05, 0.1) is 5.56 Å². The van der Waals surface area contributed by atoms with E-state index in [2.05, 4.69) is 10.6 Å². The molecule has 0 saturated heterocycles. The summed E-state index contributed by atoms with van der Waals surface area (Å²) < 4.78 is 5.33. The van der Waals surface area contributed by atoms with E-state index in [-0.39, 0.29) is 6.04 Å². The molecule has 30 heavy (non-hydrogen) atoms.